The average molecular weight is 450 g/mol. The van der Waals surface area contributed by atoms with E-state index in [-0.39, 0.29) is 35.3 Å². The molecule has 0 radical (unpaired) electrons. The van der Waals surface area contributed by atoms with E-state index in [4.69, 9.17) is 0 Å². The summed E-state index contributed by atoms with van der Waals surface area (Å²) in [5.74, 6) is 0.981. The Hall–Kier alpha value is -0.830. The number of hydrogen-bond donors (Lipinski definition) is 2. The van der Waals surface area contributed by atoms with E-state index < -0.39 is 0 Å². The van der Waals surface area contributed by atoms with E-state index in [0.29, 0.717) is 6.54 Å². The highest BCUT2D eigenvalue weighted by Gasteiger charge is 2.42. The monoisotopic (exact) mass is 450 g/mol. The van der Waals surface area contributed by atoms with Crippen molar-refractivity contribution < 1.29 is 4.79 Å². The van der Waals surface area contributed by atoms with Crippen LogP contribution in [0.5, 0.6) is 0 Å². The number of rotatable bonds is 5. The van der Waals surface area contributed by atoms with Gasteiger partial charge in [0.25, 0.3) is 0 Å². The molecule has 1 amide bonds. The normalized spacial score (nSPS) is 16.6. The van der Waals surface area contributed by atoms with E-state index >= 15 is 0 Å². The Bertz CT molecular complexity index is 510. The van der Waals surface area contributed by atoms with Gasteiger partial charge in [-0.25, -0.2) is 0 Å². The predicted octanol–water partition coefficient (Wildman–Crippen LogP) is 2.68. The molecule has 2 rings (SSSR count). The molecule has 0 bridgehead atoms. The molecular formula is C16H27IN4OS. The number of carbonyl (C=O) groups is 1. The maximum Gasteiger partial charge on any atom is 0.230 e. The first-order valence-corrected chi connectivity index (χ1v) is 8.69. The van der Waals surface area contributed by atoms with E-state index in [1.165, 1.54) is 5.56 Å². The number of aliphatic imine (C=N–C) groups is 1. The van der Waals surface area contributed by atoms with Gasteiger partial charge in [0.05, 0.1) is 5.41 Å². The van der Waals surface area contributed by atoms with Crippen LogP contribution in [0.25, 0.3) is 0 Å². The fourth-order valence-electron chi connectivity index (χ4n) is 3.04. The van der Waals surface area contributed by atoms with Crippen LogP contribution in [0.1, 0.15) is 31.2 Å². The molecule has 5 nitrogen and oxygen atoms in total. The third-order valence-electron chi connectivity index (χ3n) is 4.28. The molecule has 1 aromatic heterocycles. The lowest BCUT2D eigenvalue weighted by molar-refractivity contribution is -0.138. The minimum Gasteiger partial charge on any atom is -0.355 e. The first-order chi connectivity index (χ1) is 10.6. The number of thiophene rings is 1. The summed E-state index contributed by atoms with van der Waals surface area (Å²) in [7, 11) is 5.44. The lowest BCUT2D eigenvalue weighted by atomic mass is 9.84. The van der Waals surface area contributed by atoms with E-state index in [1.807, 2.05) is 14.1 Å². The van der Waals surface area contributed by atoms with Gasteiger partial charge in [0.1, 0.15) is 0 Å². The van der Waals surface area contributed by atoms with Crippen LogP contribution in [0.2, 0.25) is 0 Å². The Balaban J connectivity index is 0.00000264. The SMILES string of the molecule is CN=C(NCc1ccsc1)NCC1(C(=O)N(C)C)CCCC1.I. The molecule has 1 fully saturated rings. The molecule has 1 aliphatic carbocycles. The van der Waals surface area contributed by atoms with Crippen molar-refractivity contribution in [3.63, 3.8) is 0 Å². The molecule has 1 aliphatic rings. The van der Waals surface area contributed by atoms with Crippen molar-refractivity contribution in [3.8, 4) is 0 Å². The molecule has 7 heteroatoms. The second kappa shape index (κ2) is 9.46. The lowest BCUT2D eigenvalue weighted by Crippen LogP contribution is -2.49. The smallest absolute Gasteiger partial charge is 0.230 e. The third kappa shape index (κ3) is 5.34. The van der Waals surface area contributed by atoms with Gasteiger partial charge in [-0.05, 0) is 35.2 Å². The Morgan fingerprint density at radius 2 is 2.04 bits per heavy atom. The molecule has 1 saturated carbocycles. The number of halogens is 1. The zero-order valence-corrected chi connectivity index (χ0v) is 17.2. The lowest BCUT2D eigenvalue weighted by Gasteiger charge is -2.31. The third-order valence-corrected chi connectivity index (χ3v) is 5.01. The summed E-state index contributed by atoms with van der Waals surface area (Å²) in [5, 5.41) is 10.8. The first kappa shape index (κ1) is 20.2. The fraction of sp³-hybridized carbons (Fsp3) is 0.625. The van der Waals surface area contributed by atoms with E-state index in [0.717, 1.165) is 38.2 Å². The van der Waals surface area contributed by atoms with Crippen molar-refractivity contribution in [2.24, 2.45) is 10.4 Å². The average Bonchev–Trinajstić information content (AvgIpc) is 3.18. The number of carbonyl (C=O) groups excluding carboxylic acids is 1. The van der Waals surface area contributed by atoms with E-state index in [1.54, 1.807) is 23.3 Å². The molecule has 0 unspecified atom stereocenters. The Labute approximate surface area is 160 Å². The van der Waals surface area contributed by atoms with Gasteiger partial charge in [-0.3, -0.25) is 9.79 Å². The van der Waals surface area contributed by atoms with Crippen LogP contribution in [0, 0.1) is 5.41 Å². The summed E-state index contributed by atoms with van der Waals surface area (Å²) in [6.07, 6.45) is 4.17. The number of nitrogens with zero attached hydrogens (tertiary/aromatic N) is 2. The zero-order chi connectivity index (χ0) is 16.0. The van der Waals surface area contributed by atoms with Gasteiger partial charge in [0, 0.05) is 34.2 Å². The van der Waals surface area contributed by atoms with Crippen molar-refractivity contribution in [3.05, 3.63) is 22.4 Å². The highest BCUT2D eigenvalue weighted by molar-refractivity contribution is 14.0. The molecular weight excluding hydrogens is 423 g/mol. The van der Waals surface area contributed by atoms with Gasteiger partial charge < -0.3 is 15.5 Å². The van der Waals surface area contributed by atoms with E-state index in [2.05, 4.69) is 32.5 Å². The standard InChI is InChI=1S/C16H26N4OS.HI/c1-17-15(18-10-13-6-9-22-11-13)19-12-16(7-4-5-8-16)14(21)20(2)3;/h6,9,11H,4-5,7-8,10,12H2,1-3H3,(H2,17,18,19);1H. The summed E-state index contributed by atoms with van der Waals surface area (Å²) in [5.41, 5.74) is 0.969. The minimum atomic E-state index is -0.274. The summed E-state index contributed by atoms with van der Waals surface area (Å²) >= 11 is 1.69. The van der Waals surface area contributed by atoms with Crippen LogP contribution < -0.4 is 10.6 Å². The topological polar surface area (TPSA) is 56.7 Å². The van der Waals surface area contributed by atoms with Gasteiger partial charge in [0.15, 0.2) is 5.96 Å². The van der Waals surface area contributed by atoms with Crippen molar-refractivity contribution in [1.29, 1.82) is 0 Å². The van der Waals surface area contributed by atoms with Gasteiger partial charge in [-0.15, -0.1) is 24.0 Å². The minimum absolute atomic E-state index is 0. The Morgan fingerprint density at radius 1 is 1.35 bits per heavy atom. The highest BCUT2D eigenvalue weighted by Crippen LogP contribution is 2.38. The molecule has 1 aromatic rings. The molecule has 0 atom stereocenters. The number of amides is 1. The molecule has 0 aliphatic heterocycles. The van der Waals surface area contributed by atoms with Crippen molar-refractivity contribution >= 4 is 47.2 Å². The molecule has 0 saturated heterocycles. The summed E-state index contributed by atoms with van der Waals surface area (Å²) < 4.78 is 0. The van der Waals surface area contributed by atoms with Crippen LogP contribution in [-0.4, -0.2) is 44.5 Å². The van der Waals surface area contributed by atoms with Crippen molar-refractivity contribution in [2.75, 3.05) is 27.7 Å². The van der Waals surface area contributed by atoms with Crippen LogP contribution in [0.3, 0.4) is 0 Å². The largest absolute Gasteiger partial charge is 0.355 e. The molecule has 23 heavy (non-hydrogen) atoms. The second-order valence-electron chi connectivity index (χ2n) is 6.10. The second-order valence-corrected chi connectivity index (χ2v) is 6.88. The first-order valence-electron chi connectivity index (χ1n) is 7.75. The Morgan fingerprint density at radius 3 is 2.57 bits per heavy atom. The highest BCUT2D eigenvalue weighted by atomic mass is 127. The van der Waals surface area contributed by atoms with Crippen LogP contribution >= 0.6 is 35.3 Å². The fourth-order valence-corrected chi connectivity index (χ4v) is 3.71. The van der Waals surface area contributed by atoms with E-state index in [9.17, 15) is 4.79 Å². The summed E-state index contributed by atoms with van der Waals surface area (Å²) in [6, 6.07) is 2.10. The van der Waals surface area contributed by atoms with Crippen LogP contribution in [-0.2, 0) is 11.3 Å². The molecule has 2 N–H and O–H groups in total. The predicted molar refractivity (Wildman–Crippen MR) is 108 cm³/mol. The van der Waals surface area contributed by atoms with Crippen LogP contribution in [0.15, 0.2) is 21.8 Å². The molecule has 0 spiro atoms. The van der Waals surface area contributed by atoms with Gasteiger partial charge >= 0.3 is 0 Å². The summed E-state index contributed by atoms with van der Waals surface area (Å²) in [6.45, 7) is 1.39. The number of nitrogens with one attached hydrogen (secondary N) is 2. The number of guanidine groups is 1. The van der Waals surface area contributed by atoms with Crippen molar-refractivity contribution in [1.82, 2.24) is 15.5 Å². The van der Waals surface area contributed by atoms with Gasteiger partial charge in [0.2, 0.25) is 5.91 Å². The Kier molecular flexibility index (Phi) is 8.32. The summed E-state index contributed by atoms with van der Waals surface area (Å²) in [4.78, 5) is 18.5. The number of hydrogen-bond acceptors (Lipinski definition) is 3. The zero-order valence-electron chi connectivity index (χ0n) is 14.1. The maximum absolute atomic E-state index is 12.5. The maximum atomic E-state index is 12.5. The molecule has 0 aromatic carbocycles. The molecule has 130 valence electrons. The molecule has 1 heterocycles. The van der Waals surface area contributed by atoms with Crippen LogP contribution in [0.4, 0.5) is 0 Å². The quantitative estimate of drug-likeness (QED) is 0.412. The van der Waals surface area contributed by atoms with Gasteiger partial charge in [-0.2, -0.15) is 11.3 Å². The van der Waals surface area contributed by atoms with Gasteiger partial charge in [-0.1, -0.05) is 12.8 Å². The van der Waals surface area contributed by atoms with Crippen molar-refractivity contribution in [2.45, 2.75) is 32.2 Å².